The highest BCUT2D eigenvalue weighted by molar-refractivity contribution is 7.98. The zero-order valence-electron chi connectivity index (χ0n) is 18.0. The van der Waals surface area contributed by atoms with Crippen LogP contribution in [0.1, 0.15) is 33.1 Å². The van der Waals surface area contributed by atoms with Gasteiger partial charge in [0.2, 0.25) is 17.7 Å². The summed E-state index contributed by atoms with van der Waals surface area (Å²) in [6.45, 7) is 3.08. The van der Waals surface area contributed by atoms with Gasteiger partial charge in [-0.25, -0.2) is 4.79 Å². The number of aliphatic carboxylic acids is 3. The van der Waals surface area contributed by atoms with Gasteiger partial charge >= 0.3 is 17.9 Å². The number of nitrogens with one attached hydrogen (secondary N) is 3. The Balaban J connectivity index is 5.48. The van der Waals surface area contributed by atoms with Crippen molar-refractivity contribution in [3.8, 4) is 0 Å². The number of hydrogen-bond donors (Lipinski definition) is 7. The molecule has 0 aliphatic heterocycles. The summed E-state index contributed by atoms with van der Waals surface area (Å²) in [5.41, 5.74) is 5.49. The second-order valence-electron chi connectivity index (χ2n) is 7.27. The van der Waals surface area contributed by atoms with Gasteiger partial charge in [0.15, 0.2) is 0 Å². The maximum absolute atomic E-state index is 12.7. The van der Waals surface area contributed by atoms with Crippen molar-refractivity contribution >= 4 is 47.4 Å². The number of hydrogen-bond acceptors (Lipinski definition) is 8. The molecule has 4 unspecified atom stereocenters. The lowest BCUT2D eigenvalue weighted by Gasteiger charge is -2.25. The van der Waals surface area contributed by atoms with Crippen LogP contribution in [0.5, 0.6) is 0 Å². The average Bonchev–Trinajstić information content (AvgIpc) is 2.66. The molecule has 0 heterocycles. The van der Waals surface area contributed by atoms with Gasteiger partial charge in [-0.2, -0.15) is 11.8 Å². The Bertz CT molecular complexity index is 717. The molecule has 0 rings (SSSR count). The number of amides is 3. The first-order valence-electron chi connectivity index (χ1n) is 9.62. The highest BCUT2D eigenvalue weighted by atomic mass is 32.2. The van der Waals surface area contributed by atoms with Gasteiger partial charge in [0.1, 0.15) is 18.1 Å². The SMILES string of the molecule is CSCCC(NC(=O)C(N)CC(=O)O)C(=O)NC(CC(=O)O)C(=O)NC(C(=O)O)C(C)C. The zero-order valence-corrected chi connectivity index (χ0v) is 18.8. The van der Waals surface area contributed by atoms with E-state index in [1.165, 1.54) is 25.6 Å². The first-order chi connectivity index (χ1) is 14.8. The van der Waals surface area contributed by atoms with Crippen LogP contribution in [0, 0.1) is 5.92 Å². The van der Waals surface area contributed by atoms with E-state index in [1.807, 2.05) is 0 Å². The summed E-state index contributed by atoms with van der Waals surface area (Å²) >= 11 is 1.35. The molecule has 0 aromatic rings. The first-order valence-corrected chi connectivity index (χ1v) is 11.0. The minimum absolute atomic E-state index is 0.0870. The van der Waals surface area contributed by atoms with Crippen molar-refractivity contribution < 1.29 is 44.1 Å². The Hall–Kier alpha value is -2.87. The van der Waals surface area contributed by atoms with Gasteiger partial charge in [0.05, 0.1) is 18.9 Å². The summed E-state index contributed by atoms with van der Waals surface area (Å²) in [4.78, 5) is 70.5. The third-order valence-corrected chi connectivity index (χ3v) is 4.86. The van der Waals surface area contributed by atoms with E-state index in [4.69, 9.17) is 15.9 Å². The number of carboxylic acid groups (broad SMARTS) is 3. The average molecular weight is 479 g/mol. The van der Waals surface area contributed by atoms with Crippen LogP contribution >= 0.6 is 11.8 Å². The number of carboxylic acids is 3. The van der Waals surface area contributed by atoms with Crippen LogP contribution in [0.2, 0.25) is 0 Å². The summed E-state index contributed by atoms with van der Waals surface area (Å²) in [5, 5.41) is 33.8. The van der Waals surface area contributed by atoms with E-state index < -0.39 is 78.6 Å². The fourth-order valence-electron chi connectivity index (χ4n) is 2.49. The Morgan fingerprint density at radius 1 is 0.812 bits per heavy atom. The van der Waals surface area contributed by atoms with Gasteiger partial charge < -0.3 is 37.0 Å². The lowest BCUT2D eigenvalue weighted by Crippen LogP contribution is -2.58. The molecule has 0 aliphatic rings. The van der Waals surface area contributed by atoms with Crippen molar-refractivity contribution in [2.75, 3.05) is 12.0 Å². The van der Waals surface area contributed by atoms with E-state index in [0.29, 0.717) is 5.75 Å². The quantitative estimate of drug-likeness (QED) is 0.139. The minimum Gasteiger partial charge on any atom is -0.481 e. The van der Waals surface area contributed by atoms with E-state index in [-0.39, 0.29) is 6.42 Å². The molecule has 0 spiro atoms. The molecule has 0 bridgehead atoms. The van der Waals surface area contributed by atoms with E-state index in [0.717, 1.165) is 0 Å². The van der Waals surface area contributed by atoms with Gasteiger partial charge in [-0.1, -0.05) is 13.8 Å². The third kappa shape index (κ3) is 10.9. The van der Waals surface area contributed by atoms with Crippen LogP contribution in [0.4, 0.5) is 0 Å². The topological polar surface area (TPSA) is 225 Å². The minimum atomic E-state index is -1.61. The predicted molar refractivity (Wildman–Crippen MR) is 114 cm³/mol. The van der Waals surface area contributed by atoms with Crippen LogP contribution in [-0.2, 0) is 28.8 Å². The van der Waals surface area contributed by atoms with E-state index in [2.05, 4.69) is 16.0 Å². The largest absolute Gasteiger partial charge is 0.481 e. The lowest BCUT2D eigenvalue weighted by molar-refractivity contribution is -0.144. The van der Waals surface area contributed by atoms with Crippen LogP contribution in [-0.4, -0.2) is 87.1 Å². The zero-order chi connectivity index (χ0) is 25.0. The van der Waals surface area contributed by atoms with Crippen molar-refractivity contribution in [1.29, 1.82) is 0 Å². The van der Waals surface area contributed by atoms with Gasteiger partial charge in [-0.15, -0.1) is 0 Å². The maximum atomic E-state index is 12.7. The second kappa shape index (κ2) is 14.2. The normalized spacial score (nSPS) is 14.5. The van der Waals surface area contributed by atoms with Crippen molar-refractivity contribution in [2.45, 2.75) is 57.3 Å². The molecule has 0 saturated carbocycles. The van der Waals surface area contributed by atoms with Gasteiger partial charge in [0, 0.05) is 0 Å². The number of carbonyl (C=O) groups excluding carboxylic acids is 3. The predicted octanol–water partition coefficient (Wildman–Crippen LogP) is -1.79. The van der Waals surface area contributed by atoms with E-state index in [9.17, 15) is 33.9 Å². The Morgan fingerprint density at radius 3 is 1.75 bits per heavy atom. The van der Waals surface area contributed by atoms with E-state index >= 15 is 0 Å². The van der Waals surface area contributed by atoms with E-state index in [1.54, 1.807) is 6.26 Å². The van der Waals surface area contributed by atoms with Gasteiger partial charge in [0.25, 0.3) is 0 Å². The first kappa shape index (κ1) is 29.1. The number of thioether (sulfide) groups is 1. The smallest absolute Gasteiger partial charge is 0.326 e. The van der Waals surface area contributed by atoms with Crippen molar-refractivity contribution in [3.63, 3.8) is 0 Å². The molecule has 0 radical (unpaired) electrons. The molecular formula is C18H30N4O9S. The lowest BCUT2D eigenvalue weighted by atomic mass is 10.0. The molecule has 8 N–H and O–H groups in total. The Morgan fingerprint density at radius 2 is 1.31 bits per heavy atom. The van der Waals surface area contributed by atoms with Crippen molar-refractivity contribution in [3.05, 3.63) is 0 Å². The molecule has 13 nitrogen and oxygen atoms in total. The summed E-state index contributed by atoms with van der Waals surface area (Å²) < 4.78 is 0. The highest BCUT2D eigenvalue weighted by Crippen LogP contribution is 2.06. The standard InChI is InChI=1S/C18H30N4O9S/c1-8(2)14(18(30)31)22-17(29)11(7-13(25)26)21-16(28)10(4-5-32-3)20-15(27)9(19)6-12(23)24/h8-11,14H,4-7,19H2,1-3H3,(H,20,27)(H,21,28)(H,22,29)(H,23,24)(H,25,26)(H,30,31). The summed E-state index contributed by atoms with van der Waals surface area (Å²) in [6, 6.07) is -5.56. The second-order valence-corrected chi connectivity index (χ2v) is 8.26. The molecule has 32 heavy (non-hydrogen) atoms. The van der Waals surface area contributed by atoms with Crippen molar-refractivity contribution in [1.82, 2.24) is 16.0 Å². The molecule has 0 aliphatic carbocycles. The van der Waals surface area contributed by atoms with Crippen molar-refractivity contribution in [2.24, 2.45) is 11.7 Å². The molecule has 0 aromatic carbocycles. The highest BCUT2D eigenvalue weighted by Gasteiger charge is 2.32. The van der Waals surface area contributed by atoms with Crippen LogP contribution in [0.15, 0.2) is 0 Å². The molecule has 3 amide bonds. The summed E-state index contributed by atoms with van der Waals surface area (Å²) in [7, 11) is 0. The van der Waals surface area contributed by atoms with Gasteiger partial charge in [-0.05, 0) is 24.3 Å². The molecule has 0 fully saturated rings. The molecule has 4 atom stereocenters. The molecule has 14 heteroatoms. The summed E-state index contributed by atoms with van der Waals surface area (Å²) in [6.07, 6.45) is 0.331. The fourth-order valence-corrected chi connectivity index (χ4v) is 2.96. The maximum Gasteiger partial charge on any atom is 0.326 e. The van der Waals surface area contributed by atoms with Crippen LogP contribution in [0.3, 0.4) is 0 Å². The monoisotopic (exact) mass is 478 g/mol. The Labute approximate surface area is 188 Å². The van der Waals surface area contributed by atoms with Crippen LogP contribution < -0.4 is 21.7 Å². The van der Waals surface area contributed by atoms with Gasteiger partial charge in [-0.3, -0.25) is 24.0 Å². The molecule has 0 aromatic heterocycles. The molecule has 182 valence electrons. The van der Waals surface area contributed by atoms with Crippen LogP contribution in [0.25, 0.3) is 0 Å². The summed E-state index contributed by atoms with van der Waals surface area (Å²) in [5.74, 6) is -6.99. The fraction of sp³-hybridized carbons (Fsp3) is 0.667. The molecule has 0 saturated heterocycles. The third-order valence-electron chi connectivity index (χ3n) is 4.22. The number of carbonyl (C=O) groups is 6. The number of rotatable bonds is 15. The number of nitrogens with two attached hydrogens (primary N) is 1. The molecular weight excluding hydrogens is 448 g/mol. The Kier molecular flexibility index (Phi) is 13.0.